The summed E-state index contributed by atoms with van der Waals surface area (Å²) >= 11 is 0. The Kier molecular flexibility index (Phi) is 4.24. The molecule has 0 bridgehead atoms. The Labute approximate surface area is 128 Å². The van der Waals surface area contributed by atoms with Crippen LogP contribution in [0.15, 0.2) is 39.5 Å². The summed E-state index contributed by atoms with van der Waals surface area (Å²) in [5.41, 5.74) is 0.254. The van der Waals surface area contributed by atoms with E-state index in [1.54, 1.807) is 29.2 Å². The number of hydrogen-bond acceptors (Lipinski definition) is 4. The lowest BCUT2D eigenvalue weighted by molar-refractivity contribution is -0.00583. The first-order chi connectivity index (χ1) is 10.7. The van der Waals surface area contributed by atoms with Crippen LogP contribution < -0.4 is 5.43 Å². The van der Waals surface area contributed by atoms with Crippen LogP contribution in [0.2, 0.25) is 0 Å². The van der Waals surface area contributed by atoms with Gasteiger partial charge in [-0.25, -0.2) is 0 Å². The van der Waals surface area contributed by atoms with Crippen molar-refractivity contribution >= 4 is 16.9 Å². The number of benzene rings is 1. The van der Waals surface area contributed by atoms with Gasteiger partial charge in [0, 0.05) is 12.6 Å². The summed E-state index contributed by atoms with van der Waals surface area (Å²) in [6, 6.07) is 8.31. The highest BCUT2D eigenvalue weighted by molar-refractivity contribution is 5.93. The van der Waals surface area contributed by atoms with E-state index in [4.69, 9.17) is 9.15 Å². The van der Waals surface area contributed by atoms with E-state index in [2.05, 4.69) is 6.92 Å². The Hall–Kier alpha value is -2.14. The van der Waals surface area contributed by atoms with Gasteiger partial charge in [0.15, 0.2) is 11.2 Å². The Bertz CT molecular complexity index is 735. The molecule has 22 heavy (non-hydrogen) atoms. The number of nitrogens with zero attached hydrogens (tertiary/aromatic N) is 1. The Morgan fingerprint density at radius 3 is 3.00 bits per heavy atom. The van der Waals surface area contributed by atoms with E-state index in [0.717, 1.165) is 12.8 Å². The summed E-state index contributed by atoms with van der Waals surface area (Å²) in [7, 11) is 0. The molecule has 116 valence electrons. The molecule has 1 saturated heterocycles. The van der Waals surface area contributed by atoms with Crippen LogP contribution in [-0.4, -0.2) is 36.6 Å². The molecule has 1 fully saturated rings. The van der Waals surface area contributed by atoms with Crippen LogP contribution in [0.3, 0.4) is 0 Å². The lowest BCUT2D eigenvalue weighted by Crippen LogP contribution is -2.48. The van der Waals surface area contributed by atoms with E-state index < -0.39 is 0 Å². The van der Waals surface area contributed by atoms with Crippen LogP contribution in [-0.2, 0) is 4.74 Å². The molecule has 1 atom stereocenters. The second-order valence-electron chi connectivity index (χ2n) is 5.49. The van der Waals surface area contributed by atoms with Gasteiger partial charge >= 0.3 is 0 Å². The molecule has 0 saturated carbocycles. The fourth-order valence-corrected chi connectivity index (χ4v) is 2.85. The quantitative estimate of drug-likeness (QED) is 0.873. The standard InChI is InChI=1S/C17H19NO4/c1-2-5-12-11-21-9-8-18(12)17(20)16-10-14(19)13-6-3-4-7-15(13)22-16/h3-4,6-7,10,12H,2,5,8-9,11H2,1H3/t12-/m1/s1. The summed E-state index contributed by atoms with van der Waals surface area (Å²) < 4.78 is 11.1. The third-order valence-corrected chi connectivity index (χ3v) is 3.96. The second kappa shape index (κ2) is 6.32. The number of fused-ring (bicyclic) bond motifs is 1. The number of carbonyl (C=O) groups excluding carboxylic acids is 1. The Morgan fingerprint density at radius 2 is 2.18 bits per heavy atom. The molecule has 1 amide bonds. The second-order valence-corrected chi connectivity index (χ2v) is 5.49. The van der Waals surface area contributed by atoms with Crippen molar-refractivity contribution in [1.29, 1.82) is 0 Å². The van der Waals surface area contributed by atoms with Crippen LogP contribution >= 0.6 is 0 Å². The maximum atomic E-state index is 12.7. The van der Waals surface area contributed by atoms with Gasteiger partial charge in [0.25, 0.3) is 5.91 Å². The molecule has 2 heterocycles. The van der Waals surface area contributed by atoms with Gasteiger partial charge in [-0.3, -0.25) is 9.59 Å². The van der Waals surface area contributed by atoms with Gasteiger partial charge in [0.1, 0.15) is 5.58 Å². The predicted octanol–water partition coefficient (Wildman–Crippen LogP) is 2.43. The number of morpholine rings is 1. The molecule has 0 aliphatic carbocycles. The van der Waals surface area contributed by atoms with Gasteiger partial charge in [0.05, 0.1) is 24.6 Å². The van der Waals surface area contributed by atoms with Crippen molar-refractivity contribution in [2.24, 2.45) is 0 Å². The number of para-hydroxylation sites is 1. The molecule has 5 heteroatoms. The smallest absolute Gasteiger partial charge is 0.290 e. The molecule has 5 nitrogen and oxygen atoms in total. The van der Waals surface area contributed by atoms with Crippen molar-refractivity contribution in [2.45, 2.75) is 25.8 Å². The van der Waals surface area contributed by atoms with E-state index in [0.29, 0.717) is 30.7 Å². The SMILES string of the molecule is CCC[C@@H]1COCCN1C(=O)c1cc(=O)c2ccccc2o1. The number of hydrogen-bond donors (Lipinski definition) is 0. The number of amides is 1. The normalized spacial score (nSPS) is 18.6. The largest absolute Gasteiger partial charge is 0.451 e. The summed E-state index contributed by atoms with van der Waals surface area (Å²) in [5, 5.41) is 0.492. The van der Waals surface area contributed by atoms with Gasteiger partial charge in [-0.05, 0) is 18.6 Å². The molecular formula is C17H19NO4. The average Bonchev–Trinajstić information content (AvgIpc) is 2.55. The fraction of sp³-hybridized carbons (Fsp3) is 0.412. The van der Waals surface area contributed by atoms with Crippen LogP contribution in [0.5, 0.6) is 0 Å². The zero-order valence-electron chi connectivity index (χ0n) is 12.6. The molecule has 0 N–H and O–H groups in total. The van der Waals surface area contributed by atoms with Crippen molar-refractivity contribution in [3.05, 3.63) is 46.3 Å². The highest BCUT2D eigenvalue weighted by Gasteiger charge is 2.29. The van der Waals surface area contributed by atoms with Gasteiger partial charge < -0.3 is 14.1 Å². The van der Waals surface area contributed by atoms with Crippen molar-refractivity contribution in [3.63, 3.8) is 0 Å². The first-order valence-corrected chi connectivity index (χ1v) is 7.62. The summed E-state index contributed by atoms with van der Waals surface area (Å²) in [4.78, 5) is 26.6. The average molecular weight is 301 g/mol. The molecule has 1 aromatic carbocycles. The molecule has 0 radical (unpaired) electrons. The minimum absolute atomic E-state index is 0.0445. The van der Waals surface area contributed by atoms with Gasteiger partial charge in [-0.1, -0.05) is 25.5 Å². The first-order valence-electron chi connectivity index (χ1n) is 7.62. The maximum absolute atomic E-state index is 12.7. The first kappa shape index (κ1) is 14.8. The summed E-state index contributed by atoms with van der Waals surface area (Å²) in [5.74, 6) is -0.128. The van der Waals surface area contributed by atoms with Crippen LogP contribution in [0.25, 0.3) is 11.0 Å². The van der Waals surface area contributed by atoms with Gasteiger partial charge in [-0.15, -0.1) is 0 Å². The zero-order valence-corrected chi connectivity index (χ0v) is 12.6. The van der Waals surface area contributed by atoms with E-state index in [9.17, 15) is 9.59 Å². The Balaban J connectivity index is 1.95. The maximum Gasteiger partial charge on any atom is 0.290 e. The number of ether oxygens (including phenoxy) is 1. The summed E-state index contributed by atoms with van der Waals surface area (Å²) in [6.07, 6.45) is 1.85. The molecule has 2 aromatic rings. The van der Waals surface area contributed by atoms with E-state index in [1.165, 1.54) is 6.07 Å². The van der Waals surface area contributed by atoms with Crippen molar-refractivity contribution < 1.29 is 13.9 Å². The van der Waals surface area contributed by atoms with Crippen molar-refractivity contribution in [3.8, 4) is 0 Å². The van der Waals surface area contributed by atoms with Crippen LogP contribution in [0.1, 0.15) is 30.3 Å². The summed E-state index contributed by atoms with van der Waals surface area (Å²) in [6.45, 7) is 3.66. The third kappa shape index (κ3) is 2.76. The minimum atomic E-state index is -0.232. The predicted molar refractivity (Wildman–Crippen MR) is 83.0 cm³/mol. The molecule has 1 aliphatic heterocycles. The highest BCUT2D eigenvalue weighted by atomic mass is 16.5. The van der Waals surface area contributed by atoms with Crippen LogP contribution in [0.4, 0.5) is 0 Å². The van der Waals surface area contributed by atoms with Crippen LogP contribution in [0, 0.1) is 0 Å². The van der Waals surface area contributed by atoms with Gasteiger partial charge in [0.2, 0.25) is 0 Å². The van der Waals surface area contributed by atoms with Crippen molar-refractivity contribution in [1.82, 2.24) is 4.90 Å². The van der Waals surface area contributed by atoms with Crippen molar-refractivity contribution in [2.75, 3.05) is 19.8 Å². The fourth-order valence-electron chi connectivity index (χ4n) is 2.85. The lowest BCUT2D eigenvalue weighted by Gasteiger charge is -2.35. The van der Waals surface area contributed by atoms with E-state index in [1.807, 2.05) is 0 Å². The topological polar surface area (TPSA) is 59.8 Å². The minimum Gasteiger partial charge on any atom is -0.451 e. The third-order valence-electron chi connectivity index (χ3n) is 3.96. The number of carbonyl (C=O) groups is 1. The van der Waals surface area contributed by atoms with Gasteiger partial charge in [-0.2, -0.15) is 0 Å². The molecule has 1 aliphatic rings. The van der Waals surface area contributed by atoms with E-state index >= 15 is 0 Å². The molecule has 0 unspecified atom stereocenters. The molecule has 1 aromatic heterocycles. The molecular weight excluding hydrogens is 282 g/mol. The molecule has 0 spiro atoms. The lowest BCUT2D eigenvalue weighted by atomic mass is 10.1. The Morgan fingerprint density at radius 1 is 1.36 bits per heavy atom. The zero-order chi connectivity index (χ0) is 15.5. The number of rotatable bonds is 3. The molecule has 3 rings (SSSR count). The van der Waals surface area contributed by atoms with E-state index in [-0.39, 0.29) is 23.1 Å². The monoisotopic (exact) mass is 301 g/mol. The highest BCUT2D eigenvalue weighted by Crippen LogP contribution is 2.18.